The molecule has 0 aliphatic rings. The van der Waals surface area contributed by atoms with Crippen LogP contribution in [0, 0.1) is 0 Å². The maximum absolute atomic E-state index is 11.4. The molecule has 0 amide bonds. The van der Waals surface area contributed by atoms with Crippen LogP contribution in [0.3, 0.4) is 0 Å². The second kappa shape index (κ2) is 6.52. The molecule has 2 aromatic carbocycles. The molecule has 23 heavy (non-hydrogen) atoms. The van der Waals surface area contributed by atoms with E-state index in [0.717, 1.165) is 20.9 Å². The number of halogens is 1. The van der Waals surface area contributed by atoms with Gasteiger partial charge in [-0.2, -0.15) is 5.10 Å². The van der Waals surface area contributed by atoms with Crippen LogP contribution in [0.25, 0.3) is 10.9 Å². The van der Waals surface area contributed by atoms with E-state index in [1.54, 1.807) is 28.9 Å². The summed E-state index contributed by atoms with van der Waals surface area (Å²) in [6.07, 6.45) is 1.18. The van der Waals surface area contributed by atoms with Crippen LogP contribution >= 0.6 is 15.9 Å². The third-order valence-electron chi connectivity index (χ3n) is 3.62. The Morgan fingerprint density at radius 2 is 2.04 bits per heavy atom. The number of esters is 1. The third kappa shape index (κ3) is 3.28. The van der Waals surface area contributed by atoms with Crippen molar-refractivity contribution in [1.82, 2.24) is 9.78 Å². The summed E-state index contributed by atoms with van der Waals surface area (Å²) in [4.78, 5) is 11.4. The Morgan fingerprint density at radius 1 is 1.30 bits per heavy atom. The van der Waals surface area contributed by atoms with Crippen molar-refractivity contribution in [3.05, 3.63) is 64.3 Å². The maximum Gasteiger partial charge on any atom is 0.337 e. The smallest absolute Gasteiger partial charge is 0.337 e. The Morgan fingerprint density at radius 3 is 2.70 bits per heavy atom. The fraction of sp³-hybridized carbons (Fsp3) is 0.176. The van der Waals surface area contributed by atoms with Crippen LogP contribution in [0.2, 0.25) is 0 Å². The van der Waals surface area contributed by atoms with Gasteiger partial charge in [0.1, 0.15) is 0 Å². The molecular formula is C17H15BrN2O3. The van der Waals surface area contributed by atoms with Crippen LogP contribution in [-0.2, 0) is 11.3 Å². The Hall–Kier alpha value is -2.18. The number of fused-ring (bicyclic) bond motifs is 1. The van der Waals surface area contributed by atoms with Crippen molar-refractivity contribution in [2.75, 3.05) is 7.11 Å². The zero-order chi connectivity index (χ0) is 16.4. The van der Waals surface area contributed by atoms with E-state index in [2.05, 4.69) is 25.8 Å². The molecule has 1 aromatic heterocycles. The first kappa shape index (κ1) is 15.7. The van der Waals surface area contributed by atoms with E-state index >= 15 is 0 Å². The summed E-state index contributed by atoms with van der Waals surface area (Å²) in [6.45, 7) is 0.332. The van der Waals surface area contributed by atoms with Gasteiger partial charge in [0, 0.05) is 16.1 Å². The third-order valence-corrected chi connectivity index (χ3v) is 4.31. The Bertz CT molecular complexity index is 843. The van der Waals surface area contributed by atoms with Crippen molar-refractivity contribution >= 4 is 32.8 Å². The van der Waals surface area contributed by atoms with Gasteiger partial charge in [-0.3, -0.25) is 4.68 Å². The first-order valence-corrected chi connectivity index (χ1v) is 7.86. The van der Waals surface area contributed by atoms with E-state index in [9.17, 15) is 9.90 Å². The highest BCUT2D eigenvalue weighted by molar-refractivity contribution is 9.10. The number of hydrogen-bond donors (Lipinski definition) is 1. The lowest BCUT2D eigenvalue weighted by Gasteiger charge is -2.11. The minimum atomic E-state index is -0.713. The van der Waals surface area contributed by atoms with Gasteiger partial charge in [-0.15, -0.1) is 0 Å². The molecule has 0 fully saturated rings. The predicted octanol–water partition coefficient (Wildman–Crippen LogP) is 3.32. The topological polar surface area (TPSA) is 64.3 Å². The maximum atomic E-state index is 11.4. The Labute approximate surface area is 141 Å². The van der Waals surface area contributed by atoms with Crippen molar-refractivity contribution in [3.63, 3.8) is 0 Å². The van der Waals surface area contributed by atoms with Crippen molar-refractivity contribution in [1.29, 1.82) is 0 Å². The summed E-state index contributed by atoms with van der Waals surface area (Å²) in [5.41, 5.74) is 2.04. The number of carbonyl (C=O) groups excluding carboxylic acids is 1. The van der Waals surface area contributed by atoms with Crippen LogP contribution < -0.4 is 0 Å². The molecule has 1 N–H and O–H groups in total. The van der Waals surface area contributed by atoms with Gasteiger partial charge in [0.15, 0.2) is 0 Å². The zero-order valence-corrected chi connectivity index (χ0v) is 14.0. The van der Waals surface area contributed by atoms with Gasteiger partial charge in [-0.1, -0.05) is 34.1 Å². The molecule has 118 valence electrons. The van der Waals surface area contributed by atoms with E-state index in [4.69, 9.17) is 0 Å². The molecule has 1 atom stereocenters. The number of aliphatic hydroxyl groups is 1. The average Bonchev–Trinajstić information content (AvgIpc) is 2.98. The van der Waals surface area contributed by atoms with Crippen molar-refractivity contribution < 1.29 is 14.6 Å². The normalized spacial score (nSPS) is 12.3. The van der Waals surface area contributed by atoms with Crippen LogP contribution in [0.1, 0.15) is 22.0 Å². The fourth-order valence-corrected chi connectivity index (χ4v) is 2.85. The lowest BCUT2D eigenvalue weighted by atomic mass is 10.1. The quantitative estimate of drug-likeness (QED) is 0.711. The number of ether oxygens (including phenoxy) is 1. The van der Waals surface area contributed by atoms with E-state index < -0.39 is 12.1 Å². The second-order valence-corrected chi connectivity index (χ2v) is 6.01. The molecule has 0 spiro atoms. The van der Waals surface area contributed by atoms with Crippen molar-refractivity contribution in [2.45, 2.75) is 12.6 Å². The number of hydrogen-bond acceptors (Lipinski definition) is 4. The van der Waals surface area contributed by atoms with Gasteiger partial charge < -0.3 is 9.84 Å². The highest BCUT2D eigenvalue weighted by Gasteiger charge is 2.12. The van der Waals surface area contributed by atoms with Gasteiger partial charge in [-0.25, -0.2) is 4.79 Å². The molecule has 0 bridgehead atoms. The van der Waals surface area contributed by atoms with Crippen LogP contribution in [0.4, 0.5) is 0 Å². The van der Waals surface area contributed by atoms with Crippen molar-refractivity contribution in [2.24, 2.45) is 0 Å². The van der Waals surface area contributed by atoms with Gasteiger partial charge in [0.25, 0.3) is 0 Å². The SMILES string of the molecule is COC(=O)c1ccc([C@@H](O)Cn2cc3c(Br)cccc3n2)cc1. The molecule has 0 saturated carbocycles. The number of aliphatic hydroxyl groups excluding tert-OH is 1. The van der Waals surface area contributed by atoms with Gasteiger partial charge in [-0.05, 0) is 29.8 Å². The Balaban J connectivity index is 1.78. The number of methoxy groups -OCH3 is 1. The monoisotopic (exact) mass is 374 g/mol. The van der Waals surface area contributed by atoms with E-state index in [1.807, 2.05) is 24.4 Å². The molecule has 5 nitrogen and oxygen atoms in total. The summed E-state index contributed by atoms with van der Waals surface area (Å²) in [5, 5.41) is 15.8. The number of carbonyl (C=O) groups is 1. The summed E-state index contributed by atoms with van der Waals surface area (Å²) < 4.78 is 7.34. The zero-order valence-electron chi connectivity index (χ0n) is 12.4. The molecule has 0 unspecified atom stereocenters. The molecule has 3 rings (SSSR count). The Kier molecular flexibility index (Phi) is 4.45. The summed E-state index contributed by atoms with van der Waals surface area (Å²) in [6, 6.07) is 12.5. The van der Waals surface area contributed by atoms with Gasteiger partial charge in [0.2, 0.25) is 0 Å². The average molecular weight is 375 g/mol. The molecular weight excluding hydrogens is 360 g/mol. The van der Waals surface area contributed by atoms with E-state index in [1.165, 1.54) is 7.11 Å². The van der Waals surface area contributed by atoms with E-state index in [0.29, 0.717) is 12.1 Å². The highest BCUT2D eigenvalue weighted by Crippen LogP contribution is 2.24. The fourth-order valence-electron chi connectivity index (χ4n) is 2.39. The largest absolute Gasteiger partial charge is 0.465 e. The minimum absolute atomic E-state index is 0.332. The molecule has 1 heterocycles. The standard InChI is InChI=1S/C17H15BrN2O3/c1-23-17(22)12-7-5-11(6-8-12)16(21)10-20-9-13-14(18)3-2-4-15(13)19-20/h2-9,16,21H,10H2,1H3/t16-/m0/s1. The first-order valence-electron chi connectivity index (χ1n) is 7.06. The molecule has 6 heteroatoms. The first-order chi connectivity index (χ1) is 11.1. The predicted molar refractivity (Wildman–Crippen MR) is 90.2 cm³/mol. The number of aromatic nitrogens is 2. The highest BCUT2D eigenvalue weighted by atomic mass is 79.9. The summed E-state index contributed by atoms with van der Waals surface area (Å²) in [5.74, 6) is -0.394. The molecule has 0 aliphatic carbocycles. The number of rotatable bonds is 4. The number of nitrogens with zero attached hydrogens (tertiary/aromatic N) is 2. The van der Waals surface area contributed by atoms with Crippen LogP contribution in [0.15, 0.2) is 53.1 Å². The summed E-state index contributed by atoms with van der Waals surface area (Å²) >= 11 is 3.49. The van der Waals surface area contributed by atoms with Crippen LogP contribution in [0.5, 0.6) is 0 Å². The van der Waals surface area contributed by atoms with Gasteiger partial charge >= 0.3 is 5.97 Å². The molecule has 0 saturated heterocycles. The summed E-state index contributed by atoms with van der Waals surface area (Å²) in [7, 11) is 1.34. The van der Waals surface area contributed by atoms with Crippen molar-refractivity contribution in [3.8, 4) is 0 Å². The molecule has 0 aliphatic heterocycles. The lowest BCUT2D eigenvalue weighted by molar-refractivity contribution is 0.0600. The van der Waals surface area contributed by atoms with Crippen LogP contribution in [-0.4, -0.2) is 28.0 Å². The minimum Gasteiger partial charge on any atom is -0.465 e. The molecule has 0 radical (unpaired) electrons. The second-order valence-electron chi connectivity index (χ2n) is 5.15. The number of benzene rings is 2. The molecule has 3 aromatic rings. The van der Waals surface area contributed by atoms with E-state index in [-0.39, 0.29) is 0 Å². The lowest BCUT2D eigenvalue weighted by Crippen LogP contribution is -2.09. The van der Waals surface area contributed by atoms with Gasteiger partial charge in [0.05, 0.1) is 30.8 Å².